The molecule has 5 nitrogen and oxygen atoms in total. The molecule has 2 aromatic rings. The summed E-state index contributed by atoms with van der Waals surface area (Å²) in [5.74, 6) is -0.548. The number of nitriles is 1. The van der Waals surface area contributed by atoms with Gasteiger partial charge in [0.2, 0.25) is 0 Å². The van der Waals surface area contributed by atoms with E-state index in [1.165, 1.54) is 37.4 Å². The van der Waals surface area contributed by atoms with Crippen molar-refractivity contribution < 1.29 is 22.7 Å². The number of benzene rings is 2. The largest absolute Gasteiger partial charge is 0.465 e. The molecule has 0 unspecified atom stereocenters. The highest BCUT2D eigenvalue weighted by atomic mass is 35.5. The number of thioether (sulfide) groups is 1. The number of amidine groups is 1. The lowest BCUT2D eigenvalue weighted by atomic mass is 10.2. The van der Waals surface area contributed by atoms with Gasteiger partial charge in [-0.1, -0.05) is 35.1 Å². The van der Waals surface area contributed by atoms with Gasteiger partial charge in [-0.05, 0) is 42.7 Å². The van der Waals surface area contributed by atoms with E-state index in [0.29, 0.717) is 4.90 Å². The molecule has 11 heteroatoms. The summed E-state index contributed by atoms with van der Waals surface area (Å²) in [6.07, 6.45) is -1.39. The Morgan fingerprint density at radius 1 is 1.28 bits per heavy atom. The molecule has 0 fully saturated rings. The molecule has 0 saturated heterocycles. The lowest BCUT2D eigenvalue weighted by Crippen LogP contribution is -2.12. The summed E-state index contributed by atoms with van der Waals surface area (Å²) in [4.78, 5) is 15.7. The van der Waals surface area contributed by atoms with Gasteiger partial charge in [0.25, 0.3) is 0 Å². The van der Waals surface area contributed by atoms with Crippen molar-refractivity contribution in [2.75, 3.05) is 13.4 Å². The van der Waals surface area contributed by atoms with Crippen LogP contribution in [0, 0.1) is 11.5 Å². The lowest BCUT2D eigenvalue weighted by molar-refractivity contribution is -0.139. The van der Waals surface area contributed by atoms with Crippen molar-refractivity contribution in [1.29, 1.82) is 5.26 Å². The first-order valence-corrected chi connectivity index (χ1v) is 10.2. The average molecular weight is 460 g/mol. The number of nitrogens with zero attached hydrogens (tertiary/aromatic N) is 2. The fourth-order valence-corrected chi connectivity index (χ4v) is 3.77. The molecule has 0 aliphatic carbocycles. The third-order valence-corrected chi connectivity index (χ3v) is 5.56. The van der Waals surface area contributed by atoms with Crippen LogP contribution < -0.4 is 5.32 Å². The van der Waals surface area contributed by atoms with Gasteiger partial charge in [0.1, 0.15) is 0 Å². The van der Waals surface area contributed by atoms with Gasteiger partial charge in [0.15, 0.2) is 11.4 Å². The summed E-state index contributed by atoms with van der Waals surface area (Å²) in [5.41, 5.74) is -0.721. The van der Waals surface area contributed by atoms with Crippen LogP contribution in [0.25, 0.3) is 0 Å². The number of carbonyl (C=O) groups excluding carboxylic acids is 1. The normalized spacial score (nSPS) is 11.7. The van der Waals surface area contributed by atoms with Crippen molar-refractivity contribution >= 4 is 51.9 Å². The van der Waals surface area contributed by atoms with Gasteiger partial charge in [-0.3, -0.25) is 5.32 Å². The number of ether oxygens (including phenoxy) is 1. The van der Waals surface area contributed by atoms with Crippen LogP contribution in [0.2, 0.25) is 5.02 Å². The molecule has 0 radical (unpaired) electrons. The summed E-state index contributed by atoms with van der Waals surface area (Å²) in [7, 11) is 1.24. The molecule has 152 valence electrons. The Balaban J connectivity index is 2.46. The van der Waals surface area contributed by atoms with E-state index in [-0.39, 0.29) is 26.3 Å². The van der Waals surface area contributed by atoms with E-state index >= 15 is 0 Å². The standard InChI is InChI=1S/C18H13ClF3N3O2S2/c1-27-16(26)10-3-5-12(6-4-10)29-15-13(18(20,21)22)7-11(8-14(15)19)25-17(28-2)24-9-23/h3-8H,1-2H3,(H,24,25). The van der Waals surface area contributed by atoms with Crippen molar-refractivity contribution in [3.05, 3.63) is 52.5 Å². The fourth-order valence-electron chi connectivity index (χ4n) is 2.14. The number of nitrogens with one attached hydrogen (secondary N) is 1. The van der Waals surface area contributed by atoms with E-state index < -0.39 is 17.7 Å². The zero-order valence-corrected chi connectivity index (χ0v) is 17.4. The van der Waals surface area contributed by atoms with Crippen molar-refractivity contribution in [1.82, 2.24) is 5.32 Å². The molecule has 1 N–H and O–H groups in total. The zero-order valence-electron chi connectivity index (χ0n) is 15.0. The second-order valence-electron chi connectivity index (χ2n) is 5.28. The predicted molar refractivity (Wildman–Crippen MR) is 108 cm³/mol. The SMILES string of the molecule is COC(=O)c1ccc(Sc2c(Cl)cc(N=C(NC#N)SC)cc2C(F)(F)F)cc1. The smallest absolute Gasteiger partial charge is 0.417 e. The molecule has 0 aliphatic rings. The summed E-state index contributed by atoms with van der Waals surface area (Å²) in [6, 6.07) is 8.06. The quantitative estimate of drug-likeness (QED) is 0.207. The molecule has 0 saturated carbocycles. The number of methoxy groups -OCH3 is 1. The van der Waals surface area contributed by atoms with E-state index in [4.69, 9.17) is 16.9 Å². The van der Waals surface area contributed by atoms with Gasteiger partial charge in [0.05, 0.1) is 28.9 Å². The van der Waals surface area contributed by atoms with E-state index in [9.17, 15) is 18.0 Å². The number of hydrogen-bond donors (Lipinski definition) is 1. The maximum Gasteiger partial charge on any atom is 0.417 e. The van der Waals surface area contributed by atoms with Crippen molar-refractivity contribution in [3.8, 4) is 6.19 Å². The Kier molecular flexibility index (Phi) is 7.84. The van der Waals surface area contributed by atoms with Gasteiger partial charge in [-0.15, -0.1) is 0 Å². The minimum absolute atomic E-state index is 0.0418. The Bertz CT molecular complexity index is 974. The van der Waals surface area contributed by atoms with Gasteiger partial charge in [-0.25, -0.2) is 9.79 Å². The van der Waals surface area contributed by atoms with Crippen molar-refractivity contribution in [2.24, 2.45) is 4.99 Å². The molecule has 0 spiro atoms. The van der Waals surface area contributed by atoms with Crippen molar-refractivity contribution in [3.63, 3.8) is 0 Å². The van der Waals surface area contributed by atoms with Crippen LogP contribution >= 0.6 is 35.1 Å². The third-order valence-electron chi connectivity index (χ3n) is 3.42. The molecule has 0 aliphatic heterocycles. The topological polar surface area (TPSA) is 74.5 Å². The summed E-state index contributed by atoms with van der Waals surface area (Å²) >= 11 is 8.03. The lowest BCUT2D eigenvalue weighted by Gasteiger charge is -2.15. The van der Waals surface area contributed by atoms with Gasteiger partial charge < -0.3 is 4.74 Å². The summed E-state index contributed by atoms with van der Waals surface area (Å²) in [6.45, 7) is 0. The molecular weight excluding hydrogens is 447 g/mol. The maximum absolute atomic E-state index is 13.6. The van der Waals surface area contributed by atoms with E-state index in [0.717, 1.165) is 29.6 Å². The van der Waals surface area contributed by atoms with Crippen LogP contribution in [0.15, 0.2) is 51.2 Å². The van der Waals surface area contributed by atoms with Crippen molar-refractivity contribution in [2.45, 2.75) is 16.0 Å². The fraction of sp³-hybridized carbons (Fsp3) is 0.167. The van der Waals surface area contributed by atoms with Gasteiger partial charge in [0, 0.05) is 9.79 Å². The molecule has 0 aromatic heterocycles. The van der Waals surface area contributed by atoms with Crippen LogP contribution in [-0.4, -0.2) is 24.5 Å². The molecular formula is C18H13ClF3N3O2S2. The van der Waals surface area contributed by atoms with E-state index in [1.807, 2.05) is 0 Å². The molecule has 0 atom stereocenters. The summed E-state index contributed by atoms with van der Waals surface area (Å²) in [5, 5.41) is 10.9. The van der Waals surface area contributed by atoms with Crippen LogP contribution in [0.5, 0.6) is 0 Å². The molecule has 29 heavy (non-hydrogen) atoms. The number of halogens is 4. The van der Waals surface area contributed by atoms with Gasteiger partial charge in [-0.2, -0.15) is 18.4 Å². The summed E-state index contributed by atoms with van der Waals surface area (Å²) < 4.78 is 45.5. The second-order valence-corrected chi connectivity index (χ2v) is 7.56. The Labute approximate surface area is 178 Å². The number of alkyl halides is 3. The Morgan fingerprint density at radius 2 is 1.93 bits per heavy atom. The van der Waals surface area contributed by atoms with Crippen LogP contribution in [-0.2, 0) is 10.9 Å². The minimum Gasteiger partial charge on any atom is -0.465 e. The Morgan fingerprint density at radius 3 is 2.45 bits per heavy atom. The number of carbonyl (C=O) groups is 1. The number of esters is 1. The average Bonchev–Trinajstić information content (AvgIpc) is 2.68. The molecule has 2 rings (SSSR count). The predicted octanol–water partition coefficient (Wildman–Crippen LogP) is 5.72. The second kappa shape index (κ2) is 9.91. The van der Waals surface area contributed by atoms with Crippen LogP contribution in [0.4, 0.5) is 18.9 Å². The van der Waals surface area contributed by atoms with E-state index in [2.05, 4.69) is 15.0 Å². The Hall–Kier alpha value is -2.35. The third kappa shape index (κ3) is 6.06. The zero-order chi connectivity index (χ0) is 21.6. The van der Waals surface area contributed by atoms with E-state index in [1.54, 1.807) is 12.4 Å². The number of rotatable bonds is 4. The van der Waals surface area contributed by atoms with Crippen LogP contribution in [0.3, 0.4) is 0 Å². The van der Waals surface area contributed by atoms with Gasteiger partial charge >= 0.3 is 12.1 Å². The molecule has 0 bridgehead atoms. The molecule has 0 amide bonds. The first kappa shape index (κ1) is 22.9. The first-order valence-electron chi connectivity index (χ1n) is 7.74. The highest BCUT2D eigenvalue weighted by molar-refractivity contribution is 8.13. The number of aliphatic imine (C=N–C) groups is 1. The minimum atomic E-state index is -4.67. The highest BCUT2D eigenvalue weighted by Gasteiger charge is 2.35. The highest BCUT2D eigenvalue weighted by Crippen LogP contribution is 2.45. The molecule has 2 aromatic carbocycles. The monoisotopic (exact) mass is 459 g/mol. The first-order chi connectivity index (χ1) is 13.7. The van der Waals surface area contributed by atoms with Crippen LogP contribution in [0.1, 0.15) is 15.9 Å². The number of hydrogen-bond acceptors (Lipinski definition) is 6. The molecule has 0 heterocycles. The maximum atomic E-state index is 13.6.